The fraction of sp³-hybridized carbons (Fsp3) is 0.667. The maximum atomic E-state index is 9.78. The molecule has 1 aliphatic rings. The van der Waals surface area contributed by atoms with Gasteiger partial charge >= 0.3 is 0 Å². The van der Waals surface area contributed by atoms with Gasteiger partial charge in [0.1, 0.15) is 0 Å². The number of rotatable bonds is 7. The van der Waals surface area contributed by atoms with E-state index in [2.05, 4.69) is 29.2 Å². The normalized spacial score (nSPS) is 20.3. The second-order valence-corrected chi connectivity index (χ2v) is 6.87. The van der Waals surface area contributed by atoms with Gasteiger partial charge in [0.15, 0.2) is 0 Å². The minimum absolute atomic E-state index is 0.157. The lowest BCUT2D eigenvalue weighted by atomic mass is 9.98. The first kappa shape index (κ1) is 17.4. The van der Waals surface area contributed by atoms with Gasteiger partial charge in [-0.05, 0) is 44.2 Å². The van der Waals surface area contributed by atoms with Gasteiger partial charge in [0.2, 0.25) is 0 Å². The highest BCUT2D eigenvalue weighted by Crippen LogP contribution is 2.16. The first-order valence-corrected chi connectivity index (χ1v) is 8.21. The smallest absolute Gasteiger partial charge is 0.0724 e. The van der Waals surface area contributed by atoms with Crippen LogP contribution in [0.2, 0.25) is 0 Å². The van der Waals surface area contributed by atoms with Crippen molar-refractivity contribution in [3.63, 3.8) is 0 Å². The van der Waals surface area contributed by atoms with E-state index in [9.17, 15) is 5.11 Å². The molecule has 1 saturated heterocycles. The molecular weight excluding hydrogens is 278 g/mol. The molecule has 0 saturated carbocycles. The Labute approximate surface area is 133 Å². The summed E-state index contributed by atoms with van der Waals surface area (Å²) < 4.78 is 5.64. The summed E-state index contributed by atoms with van der Waals surface area (Å²) in [4.78, 5) is 2.38. The Morgan fingerprint density at radius 2 is 1.91 bits per heavy atom. The molecule has 4 heteroatoms. The third-order valence-electron chi connectivity index (χ3n) is 4.13. The largest absolute Gasteiger partial charge is 0.396 e. The first-order chi connectivity index (χ1) is 10.5. The molecule has 0 aliphatic carbocycles. The summed E-state index contributed by atoms with van der Waals surface area (Å²) in [5.41, 5.74) is 1.97. The number of benzene rings is 1. The lowest BCUT2D eigenvalue weighted by Gasteiger charge is -2.32. The van der Waals surface area contributed by atoms with Gasteiger partial charge in [-0.2, -0.15) is 0 Å². The SMILES string of the molecule is CC(C)(O)CCc1ccc(CN2CCOC(CCO)C2)cc1. The predicted molar refractivity (Wildman–Crippen MR) is 87.8 cm³/mol. The zero-order valence-corrected chi connectivity index (χ0v) is 13.8. The van der Waals surface area contributed by atoms with E-state index in [-0.39, 0.29) is 12.7 Å². The van der Waals surface area contributed by atoms with Crippen LogP contribution in [0.4, 0.5) is 0 Å². The van der Waals surface area contributed by atoms with Crippen LogP contribution in [-0.2, 0) is 17.7 Å². The topological polar surface area (TPSA) is 52.9 Å². The van der Waals surface area contributed by atoms with E-state index >= 15 is 0 Å². The number of morpholine rings is 1. The molecule has 0 bridgehead atoms. The second kappa shape index (κ2) is 8.06. The Bertz CT molecular complexity index is 437. The van der Waals surface area contributed by atoms with Crippen molar-refractivity contribution in [2.24, 2.45) is 0 Å². The van der Waals surface area contributed by atoms with Gasteiger partial charge in [0.05, 0.1) is 18.3 Å². The summed E-state index contributed by atoms with van der Waals surface area (Å²) >= 11 is 0. The number of aliphatic hydroxyl groups is 2. The Morgan fingerprint density at radius 3 is 2.55 bits per heavy atom. The van der Waals surface area contributed by atoms with Crippen LogP contribution in [0.1, 0.15) is 37.8 Å². The molecule has 1 unspecified atom stereocenters. The average Bonchev–Trinajstić information content (AvgIpc) is 2.46. The first-order valence-electron chi connectivity index (χ1n) is 8.21. The van der Waals surface area contributed by atoms with Crippen LogP contribution in [0.25, 0.3) is 0 Å². The molecule has 0 radical (unpaired) electrons. The Kier molecular flexibility index (Phi) is 6.38. The molecule has 1 fully saturated rings. The van der Waals surface area contributed by atoms with Crippen LogP contribution in [-0.4, -0.2) is 53.1 Å². The van der Waals surface area contributed by atoms with E-state index in [4.69, 9.17) is 9.84 Å². The van der Waals surface area contributed by atoms with Crippen LogP contribution >= 0.6 is 0 Å². The van der Waals surface area contributed by atoms with E-state index in [1.807, 2.05) is 13.8 Å². The van der Waals surface area contributed by atoms with Crippen molar-refractivity contribution in [1.29, 1.82) is 0 Å². The van der Waals surface area contributed by atoms with Gasteiger partial charge in [-0.3, -0.25) is 4.90 Å². The van der Waals surface area contributed by atoms with Gasteiger partial charge in [0, 0.05) is 26.2 Å². The minimum Gasteiger partial charge on any atom is -0.396 e. The van der Waals surface area contributed by atoms with Crippen LogP contribution < -0.4 is 0 Å². The van der Waals surface area contributed by atoms with Gasteiger partial charge < -0.3 is 14.9 Å². The Hall–Kier alpha value is -0.940. The molecular formula is C18H29NO3. The summed E-state index contributed by atoms with van der Waals surface area (Å²) in [5, 5.41) is 18.8. The number of nitrogens with zero attached hydrogens (tertiary/aromatic N) is 1. The highest BCUT2D eigenvalue weighted by Gasteiger charge is 2.20. The predicted octanol–water partition coefficient (Wildman–Crippen LogP) is 1.97. The molecule has 1 aliphatic heterocycles. The summed E-state index contributed by atoms with van der Waals surface area (Å²) in [6.07, 6.45) is 2.55. The quantitative estimate of drug-likeness (QED) is 0.809. The molecule has 1 atom stereocenters. The Morgan fingerprint density at radius 1 is 1.23 bits per heavy atom. The zero-order valence-electron chi connectivity index (χ0n) is 13.8. The van der Waals surface area contributed by atoms with E-state index in [0.29, 0.717) is 6.42 Å². The highest BCUT2D eigenvalue weighted by molar-refractivity contribution is 5.22. The molecule has 4 nitrogen and oxygen atoms in total. The van der Waals surface area contributed by atoms with Crippen LogP contribution in [0.3, 0.4) is 0 Å². The van der Waals surface area contributed by atoms with E-state index < -0.39 is 5.60 Å². The van der Waals surface area contributed by atoms with Crippen molar-refractivity contribution in [2.75, 3.05) is 26.3 Å². The molecule has 2 rings (SSSR count). The molecule has 0 amide bonds. The number of hydrogen-bond donors (Lipinski definition) is 2. The second-order valence-electron chi connectivity index (χ2n) is 6.87. The lowest BCUT2D eigenvalue weighted by Crippen LogP contribution is -2.42. The number of hydrogen-bond acceptors (Lipinski definition) is 4. The lowest BCUT2D eigenvalue weighted by molar-refractivity contribution is -0.0407. The van der Waals surface area contributed by atoms with Crippen molar-refractivity contribution in [3.8, 4) is 0 Å². The van der Waals surface area contributed by atoms with Gasteiger partial charge in [-0.1, -0.05) is 24.3 Å². The van der Waals surface area contributed by atoms with Gasteiger partial charge in [-0.25, -0.2) is 0 Å². The summed E-state index contributed by atoms with van der Waals surface area (Å²) in [7, 11) is 0. The number of aliphatic hydroxyl groups excluding tert-OH is 1. The Balaban J connectivity index is 1.83. The van der Waals surface area contributed by atoms with Crippen LogP contribution in [0, 0.1) is 0 Å². The molecule has 124 valence electrons. The number of aryl methyl sites for hydroxylation is 1. The monoisotopic (exact) mass is 307 g/mol. The summed E-state index contributed by atoms with van der Waals surface area (Å²) in [6, 6.07) is 8.67. The van der Waals surface area contributed by atoms with Crippen LogP contribution in [0.15, 0.2) is 24.3 Å². The van der Waals surface area contributed by atoms with Crippen molar-refractivity contribution in [2.45, 2.75) is 51.4 Å². The number of ether oxygens (including phenoxy) is 1. The zero-order chi connectivity index (χ0) is 16.0. The van der Waals surface area contributed by atoms with Crippen molar-refractivity contribution in [1.82, 2.24) is 4.90 Å². The van der Waals surface area contributed by atoms with E-state index in [0.717, 1.165) is 39.1 Å². The minimum atomic E-state index is -0.603. The molecule has 0 spiro atoms. The summed E-state index contributed by atoms with van der Waals surface area (Å²) in [6.45, 7) is 7.40. The maximum Gasteiger partial charge on any atom is 0.0724 e. The third-order valence-corrected chi connectivity index (χ3v) is 4.13. The molecule has 2 N–H and O–H groups in total. The third kappa shape index (κ3) is 6.05. The maximum absolute atomic E-state index is 9.78. The fourth-order valence-electron chi connectivity index (χ4n) is 2.76. The highest BCUT2D eigenvalue weighted by atomic mass is 16.5. The molecule has 1 aromatic rings. The van der Waals surface area contributed by atoms with Gasteiger partial charge in [0.25, 0.3) is 0 Å². The van der Waals surface area contributed by atoms with E-state index in [1.54, 1.807) is 0 Å². The summed E-state index contributed by atoms with van der Waals surface area (Å²) in [5.74, 6) is 0. The van der Waals surface area contributed by atoms with Crippen molar-refractivity contribution in [3.05, 3.63) is 35.4 Å². The molecule has 22 heavy (non-hydrogen) atoms. The van der Waals surface area contributed by atoms with E-state index in [1.165, 1.54) is 11.1 Å². The fourth-order valence-corrected chi connectivity index (χ4v) is 2.76. The molecule has 1 heterocycles. The van der Waals surface area contributed by atoms with Gasteiger partial charge in [-0.15, -0.1) is 0 Å². The van der Waals surface area contributed by atoms with Crippen molar-refractivity contribution >= 4 is 0 Å². The van der Waals surface area contributed by atoms with Crippen molar-refractivity contribution < 1.29 is 14.9 Å². The molecule has 1 aromatic carbocycles. The standard InChI is InChI=1S/C18H29NO3/c1-18(2,21)9-7-15-3-5-16(6-4-15)13-19-10-12-22-17(14-19)8-11-20/h3-6,17,20-21H,7-14H2,1-2H3. The molecule has 0 aromatic heterocycles. The average molecular weight is 307 g/mol. The van der Waals surface area contributed by atoms with Crippen LogP contribution in [0.5, 0.6) is 0 Å².